The molecule has 0 spiro atoms. The summed E-state index contributed by atoms with van der Waals surface area (Å²) in [6, 6.07) is 9.02. The average molecular weight is 477 g/mol. The highest BCUT2D eigenvalue weighted by atomic mass is 32.1. The van der Waals surface area contributed by atoms with Crippen LogP contribution in [0.4, 0.5) is 4.39 Å². The minimum atomic E-state index is -0.737. The molecule has 0 aliphatic heterocycles. The van der Waals surface area contributed by atoms with Crippen LogP contribution in [0.3, 0.4) is 0 Å². The molecule has 8 nitrogen and oxygen atoms in total. The Hall–Kier alpha value is -3.89. The number of nitrogens with one attached hydrogen (secondary N) is 1. The fourth-order valence-corrected chi connectivity index (χ4v) is 4.66. The molecule has 1 aromatic carbocycles. The molecule has 10 heteroatoms. The van der Waals surface area contributed by atoms with Gasteiger partial charge in [-0.2, -0.15) is 10.2 Å². The third-order valence-electron chi connectivity index (χ3n) is 5.54. The fourth-order valence-electron chi connectivity index (χ4n) is 3.83. The van der Waals surface area contributed by atoms with Crippen molar-refractivity contribution in [1.82, 2.24) is 29.7 Å². The summed E-state index contributed by atoms with van der Waals surface area (Å²) in [5.41, 5.74) is 4.80. The Kier molecular flexibility index (Phi) is 5.68. The molecule has 0 saturated carbocycles. The van der Waals surface area contributed by atoms with E-state index in [2.05, 4.69) is 20.5 Å². The zero-order chi connectivity index (χ0) is 23.8. The molecule has 0 aliphatic rings. The molecule has 34 heavy (non-hydrogen) atoms. The first-order valence-electron chi connectivity index (χ1n) is 10.5. The summed E-state index contributed by atoms with van der Waals surface area (Å²) in [5, 5.41) is 21.4. The summed E-state index contributed by atoms with van der Waals surface area (Å²) >= 11 is 1.26. The number of benzene rings is 1. The zero-order valence-electron chi connectivity index (χ0n) is 18.4. The van der Waals surface area contributed by atoms with Crippen LogP contribution in [0.5, 0.6) is 0 Å². The van der Waals surface area contributed by atoms with E-state index in [9.17, 15) is 14.3 Å². The van der Waals surface area contributed by atoms with Gasteiger partial charge in [0.15, 0.2) is 5.01 Å². The Morgan fingerprint density at radius 2 is 2.03 bits per heavy atom. The van der Waals surface area contributed by atoms with Crippen molar-refractivity contribution in [2.24, 2.45) is 7.05 Å². The lowest BCUT2D eigenvalue weighted by Crippen LogP contribution is -2.30. The van der Waals surface area contributed by atoms with Crippen LogP contribution < -0.4 is 5.32 Å². The van der Waals surface area contributed by atoms with Crippen LogP contribution in [-0.4, -0.2) is 42.0 Å². The number of fused-ring (bicyclic) bond motifs is 1. The van der Waals surface area contributed by atoms with Gasteiger partial charge in [-0.05, 0) is 30.7 Å². The molecule has 0 aliphatic carbocycles. The molecule has 5 rings (SSSR count). The van der Waals surface area contributed by atoms with Crippen molar-refractivity contribution >= 4 is 22.8 Å². The van der Waals surface area contributed by atoms with Crippen LogP contribution in [0, 0.1) is 12.7 Å². The second kappa shape index (κ2) is 8.81. The van der Waals surface area contributed by atoms with Gasteiger partial charge in [-0.25, -0.2) is 13.9 Å². The number of aromatic nitrogens is 5. The number of carbonyl (C=O) groups excluding carboxylic acids is 1. The number of pyridine rings is 1. The molecule has 4 aromatic heterocycles. The number of halogens is 1. The van der Waals surface area contributed by atoms with E-state index in [0.29, 0.717) is 11.3 Å². The Morgan fingerprint density at radius 3 is 2.76 bits per heavy atom. The SMILES string of the molecule is Cc1sc(C(=O)NC(CO)c2cccc(F)c2)nc1-c1cnn2cc(-c3cnn(C)c3)ccc12. The van der Waals surface area contributed by atoms with Crippen molar-refractivity contribution in [1.29, 1.82) is 0 Å². The van der Waals surface area contributed by atoms with Crippen molar-refractivity contribution in [3.05, 3.63) is 82.5 Å². The van der Waals surface area contributed by atoms with E-state index in [1.165, 1.54) is 29.5 Å². The molecule has 172 valence electrons. The number of nitrogens with zero attached hydrogens (tertiary/aromatic N) is 5. The third-order valence-corrected chi connectivity index (χ3v) is 6.51. The normalized spacial score (nSPS) is 12.2. The highest BCUT2D eigenvalue weighted by Crippen LogP contribution is 2.32. The quantitative estimate of drug-likeness (QED) is 0.389. The lowest BCUT2D eigenvalue weighted by Gasteiger charge is -2.15. The van der Waals surface area contributed by atoms with Crippen molar-refractivity contribution < 1.29 is 14.3 Å². The molecule has 5 aromatic rings. The van der Waals surface area contributed by atoms with Gasteiger partial charge in [0.25, 0.3) is 5.91 Å². The van der Waals surface area contributed by atoms with Gasteiger partial charge in [0.1, 0.15) is 5.82 Å². The number of amides is 1. The standard InChI is InChI=1S/C24H21FN6O2S/c1-14-22(19-10-27-31-12-16(6-7-21(19)31)17-9-26-30(2)11-17)29-24(34-14)23(33)28-20(13-32)15-4-3-5-18(25)8-15/h3-12,20,32H,13H2,1-2H3,(H,28,33). The smallest absolute Gasteiger partial charge is 0.280 e. The molecule has 1 amide bonds. The Bertz CT molecular complexity index is 1500. The second-order valence-corrected chi connectivity index (χ2v) is 9.10. The number of aliphatic hydroxyl groups is 1. The van der Waals surface area contributed by atoms with Crippen LogP contribution in [0.2, 0.25) is 0 Å². The molecule has 1 unspecified atom stereocenters. The first-order valence-corrected chi connectivity index (χ1v) is 11.4. The highest BCUT2D eigenvalue weighted by Gasteiger charge is 2.21. The monoisotopic (exact) mass is 476 g/mol. The first kappa shape index (κ1) is 21.9. The van der Waals surface area contributed by atoms with Crippen molar-refractivity contribution in [3.8, 4) is 22.4 Å². The predicted molar refractivity (Wildman–Crippen MR) is 127 cm³/mol. The molecular weight excluding hydrogens is 455 g/mol. The van der Waals surface area contributed by atoms with Gasteiger partial charge in [0.05, 0.1) is 36.3 Å². The minimum absolute atomic E-state index is 0.258. The van der Waals surface area contributed by atoms with Crippen molar-refractivity contribution in [3.63, 3.8) is 0 Å². The number of aliphatic hydroxyl groups excluding tert-OH is 1. The van der Waals surface area contributed by atoms with Gasteiger partial charge in [0, 0.05) is 41.0 Å². The summed E-state index contributed by atoms with van der Waals surface area (Å²) in [5.74, 6) is -0.865. The number of rotatable bonds is 6. The van der Waals surface area contributed by atoms with Crippen LogP contribution >= 0.6 is 11.3 Å². The fraction of sp³-hybridized carbons (Fsp3) is 0.167. The molecular formula is C24H21FN6O2S. The van der Waals surface area contributed by atoms with E-state index in [0.717, 1.165) is 27.1 Å². The lowest BCUT2D eigenvalue weighted by molar-refractivity contribution is 0.0915. The second-order valence-electron chi connectivity index (χ2n) is 7.90. The first-order chi connectivity index (χ1) is 16.4. The van der Waals surface area contributed by atoms with Gasteiger partial charge in [0.2, 0.25) is 0 Å². The number of hydrogen-bond donors (Lipinski definition) is 2. The summed E-state index contributed by atoms with van der Waals surface area (Å²) in [7, 11) is 1.87. The van der Waals surface area contributed by atoms with Crippen LogP contribution in [0.1, 0.15) is 26.3 Å². The van der Waals surface area contributed by atoms with Gasteiger partial charge in [-0.15, -0.1) is 11.3 Å². The summed E-state index contributed by atoms with van der Waals surface area (Å²) < 4.78 is 17.1. The van der Waals surface area contributed by atoms with E-state index in [1.807, 2.05) is 38.5 Å². The van der Waals surface area contributed by atoms with E-state index < -0.39 is 17.8 Å². The molecule has 0 fully saturated rings. The minimum Gasteiger partial charge on any atom is -0.394 e. The van der Waals surface area contributed by atoms with Gasteiger partial charge in [-0.1, -0.05) is 18.2 Å². The van der Waals surface area contributed by atoms with E-state index in [4.69, 9.17) is 0 Å². The van der Waals surface area contributed by atoms with E-state index >= 15 is 0 Å². The van der Waals surface area contributed by atoms with Gasteiger partial charge in [-0.3, -0.25) is 9.48 Å². The van der Waals surface area contributed by atoms with E-state index in [1.54, 1.807) is 27.7 Å². The topological polar surface area (TPSA) is 97.3 Å². The van der Waals surface area contributed by atoms with Crippen molar-refractivity contribution in [2.75, 3.05) is 6.61 Å². The summed E-state index contributed by atoms with van der Waals surface area (Å²) in [6.07, 6.45) is 7.39. The Balaban J connectivity index is 1.42. The number of aryl methyl sites for hydroxylation is 2. The molecule has 4 heterocycles. The van der Waals surface area contributed by atoms with Crippen LogP contribution in [0.15, 0.2) is 61.2 Å². The summed E-state index contributed by atoms with van der Waals surface area (Å²) in [6.45, 7) is 1.53. The molecule has 1 atom stereocenters. The van der Waals surface area contributed by atoms with Crippen LogP contribution in [-0.2, 0) is 7.05 Å². The molecule has 0 radical (unpaired) electrons. The molecule has 0 bridgehead atoms. The van der Waals surface area contributed by atoms with E-state index in [-0.39, 0.29) is 11.6 Å². The maximum Gasteiger partial charge on any atom is 0.280 e. The van der Waals surface area contributed by atoms with Crippen LogP contribution in [0.25, 0.3) is 27.9 Å². The average Bonchev–Trinajstić information content (AvgIpc) is 3.54. The number of carbonyl (C=O) groups is 1. The third kappa shape index (κ3) is 4.09. The largest absolute Gasteiger partial charge is 0.394 e. The van der Waals surface area contributed by atoms with Crippen molar-refractivity contribution in [2.45, 2.75) is 13.0 Å². The molecule has 0 saturated heterocycles. The Labute approximate surface area is 198 Å². The maximum atomic E-state index is 13.6. The number of thiazole rings is 1. The lowest BCUT2D eigenvalue weighted by atomic mass is 10.1. The Morgan fingerprint density at radius 1 is 1.18 bits per heavy atom. The molecule has 2 N–H and O–H groups in total. The number of hydrogen-bond acceptors (Lipinski definition) is 6. The summed E-state index contributed by atoms with van der Waals surface area (Å²) in [4.78, 5) is 18.3. The maximum absolute atomic E-state index is 13.6. The van der Waals surface area contributed by atoms with Gasteiger partial charge < -0.3 is 10.4 Å². The highest BCUT2D eigenvalue weighted by molar-refractivity contribution is 7.14. The van der Waals surface area contributed by atoms with Gasteiger partial charge >= 0.3 is 0 Å². The zero-order valence-corrected chi connectivity index (χ0v) is 19.3. The predicted octanol–water partition coefficient (Wildman–Crippen LogP) is 3.77.